The highest BCUT2D eigenvalue weighted by molar-refractivity contribution is 7.09. The third kappa shape index (κ3) is 4.96. The molecule has 1 aromatic heterocycles. The molecule has 2 rings (SSSR count). The van der Waals surface area contributed by atoms with Gasteiger partial charge in [0.1, 0.15) is 5.75 Å². The smallest absolute Gasteiger partial charge is 0.193 e. The standard InChI is InChI=1S/C17H24N4OS/c1-5-22-15-8-6-14(7-9-15)11-21(4)17(18-3)19-10-16-13(2)20-12-23-16/h6-9,12H,5,10-11H2,1-4H3,(H,18,19). The van der Waals surface area contributed by atoms with Crippen molar-refractivity contribution in [3.05, 3.63) is 45.9 Å². The van der Waals surface area contributed by atoms with Crippen LogP contribution in [-0.2, 0) is 13.1 Å². The number of ether oxygens (including phenoxy) is 1. The molecule has 0 fully saturated rings. The lowest BCUT2D eigenvalue weighted by Crippen LogP contribution is -2.38. The number of nitrogens with one attached hydrogen (secondary N) is 1. The molecule has 5 nitrogen and oxygen atoms in total. The van der Waals surface area contributed by atoms with Gasteiger partial charge in [0.2, 0.25) is 0 Å². The van der Waals surface area contributed by atoms with Crippen LogP contribution in [0.25, 0.3) is 0 Å². The van der Waals surface area contributed by atoms with Gasteiger partial charge in [-0.25, -0.2) is 4.98 Å². The summed E-state index contributed by atoms with van der Waals surface area (Å²) in [5, 5.41) is 3.39. The minimum Gasteiger partial charge on any atom is -0.494 e. The zero-order valence-corrected chi connectivity index (χ0v) is 15.0. The summed E-state index contributed by atoms with van der Waals surface area (Å²) in [6.07, 6.45) is 0. The van der Waals surface area contributed by atoms with Crippen LogP contribution in [0.4, 0.5) is 0 Å². The van der Waals surface area contributed by atoms with Gasteiger partial charge in [-0.05, 0) is 31.5 Å². The second kappa shape index (κ2) is 8.53. The summed E-state index contributed by atoms with van der Waals surface area (Å²) < 4.78 is 5.47. The number of aliphatic imine (C=N–C) groups is 1. The van der Waals surface area contributed by atoms with Gasteiger partial charge in [0.25, 0.3) is 0 Å². The number of nitrogens with zero attached hydrogens (tertiary/aromatic N) is 3. The topological polar surface area (TPSA) is 49.8 Å². The molecule has 0 saturated carbocycles. The van der Waals surface area contributed by atoms with E-state index in [1.165, 1.54) is 10.4 Å². The normalized spacial score (nSPS) is 11.4. The monoisotopic (exact) mass is 332 g/mol. The molecule has 0 saturated heterocycles. The lowest BCUT2D eigenvalue weighted by atomic mass is 10.2. The number of rotatable bonds is 6. The van der Waals surface area contributed by atoms with E-state index in [1.807, 2.05) is 38.5 Å². The van der Waals surface area contributed by atoms with Crippen LogP contribution >= 0.6 is 11.3 Å². The summed E-state index contributed by atoms with van der Waals surface area (Å²) in [7, 11) is 3.84. The van der Waals surface area contributed by atoms with Crippen molar-refractivity contribution in [1.29, 1.82) is 0 Å². The minimum absolute atomic E-state index is 0.687. The highest BCUT2D eigenvalue weighted by Gasteiger charge is 2.08. The van der Waals surface area contributed by atoms with E-state index in [-0.39, 0.29) is 0 Å². The zero-order chi connectivity index (χ0) is 16.7. The first-order chi connectivity index (χ1) is 11.1. The average molecular weight is 332 g/mol. The number of aromatic nitrogens is 1. The average Bonchev–Trinajstić information content (AvgIpc) is 2.95. The Balaban J connectivity index is 1.91. The summed E-state index contributed by atoms with van der Waals surface area (Å²) in [5.41, 5.74) is 4.17. The summed E-state index contributed by atoms with van der Waals surface area (Å²) in [6, 6.07) is 8.18. The number of aryl methyl sites for hydroxylation is 1. The number of guanidine groups is 1. The van der Waals surface area contributed by atoms with Gasteiger partial charge in [0, 0.05) is 25.5 Å². The van der Waals surface area contributed by atoms with Crippen molar-refractivity contribution >= 4 is 17.3 Å². The SMILES string of the molecule is CCOc1ccc(CN(C)C(=NC)NCc2scnc2C)cc1. The molecular formula is C17H24N4OS. The largest absolute Gasteiger partial charge is 0.494 e. The second-order valence-electron chi connectivity index (χ2n) is 5.19. The van der Waals surface area contributed by atoms with Crippen molar-refractivity contribution in [2.75, 3.05) is 20.7 Å². The Kier molecular flexibility index (Phi) is 6.40. The molecule has 6 heteroatoms. The van der Waals surface area contributed by atoms with Crippen LogP contribution in [0.15, 0.2) is 34.8 Å². The first-order valence-electron chi connectivity index (χ1n) is 7.66. The van der Waals surface area contributed by atoms with E-state index in [1.54, 1.807) is 18.4 Å². The Morgan fingerprint density at radius 3 is 2.65 bits per heavy atom. The van der Waals surface area contributed by atoms with E-state index in [4.69, 9.17) is 4.74 Å². The van der Waals surface area contributed by atoms with Crippen LogP contribution in [0, 0.1) is 6.92 Å². The maximum Gasteiger partial charge on any atom is 0.193 e. The molecule has 0 radical (unpaired) electrons. The molecule has 0 aliphatic heterocycles. The number of hydrogen-bond donors (Lipinski definition) is 1. The lowest BCUT2D eigenvalue weighted by molar-refractivity contribution is 0.340. The Labute approximate surface area is 142 Å². The van der Waals surface area contributed by atoms with Crippen molar-refractivity contribution in [2.24, 2.45) is 4.99 Å². The minimum atomic E-state index is 0.687. The van der Waals surface area contributed by atoms with Crippen molar-refractivity contribution in [3.63, 3.8) is 0 Å². The van der Waals surface area contributed by atoms with Crippen LogP contribution in [0.2, 0.25) is 0 Å². The first kappa shape index (κ1) is 17.3. The third-order valence-corrected chi connectivity index (χ3v) is 4.41. The zero-order valence-electron chi connectivity index (χ0n) is 14.2. The fourth-order valence-electron chi connectivity index (χ4n) is 2.25. The van der Waals surface area contributed by atoms with Gasteiger partial charge in [-0.15, -0.1) is 11.3 Å². The van der Waals surface area contributed by atoms with Crippen LogP contribution in [0.5, 0.6) is 5.75 Å². The van der Waals surface area contributed by atoms with Gasteiger partial charge < -0.3 is 15.0 Å². The van der Waals surface area contributed by atoms with Gasteiger partial charge in [0.15, 0.2) is 5.96 Å². The Bertz CT molecular complexity index is 636. The Morgan fingerprint density at radius 1 is 1.35 bits per heavy atom. The molecule has 0 unspecified atom stereocenters. The van der Waals surface area contributed by atoms with E-state index in [2.05, 4.69) is 32.3 Å². The maximum absolute atomic E-state index is 5.47. The molecule has 1 heterocycles. The Hall–Kier alpha value is -2.08. The third-order valence-electron chi connectivity index (χ3n) is 3.48. The van der Waals surface area contributed by atoms with E-state index < -0.39 is 0 Å². The number of thiazole rings is 1. The van der Waals surface area contributed by atoms with Crippen molar-refractivity contribution in [2.45, 2.75) is 26.9 Å². The molecule has 2 aromatic rings. The number of hydrogen-bond acceptors (Lipinski definition) is 4. The highest BCUT2D eigenvalue weighted by Crippen LogP contribution is 2.14. The molecule has 124 valence electrons. The molecular weight excluding hydrogens is 308 g/mol. The van der Waals surface area contributed by atoms with E-state index in [0.717, 1.165) is 30.5 Å². The fraction of sp³-hybridized carbons (Fsp3) is 0.412. The van der Waals surface area contributed by atoms with Gasteiger partial charge in [0.05, 0.1) is 24.4 Å². The van der Waals surface area contributed by atoms with E-state index in [9.17, 15) is 0 Å². The molecule has 1 aromatic carbocycles. The summed E-state index contributed by atoms with van der Waals surface area (Å²) >= 11 is 1.66. The fourth-order valence-corrected chi connectivity index (χ4v) is 2.96. The Morgan fingerprint density at radius 2 is 2.09 bits per heavy atom. The van der Waals surface area contributed by atoms with E-state index >= 15 is 0 Å². The van der Waals surface area contributed by atoms with Crippen molar-refractivity contribution in [1.82, 2.24) is 15.2 Å². The molecule has 0 aliphatic rings. The quantitative estimate of drug-likeness (QED) is 0.652. The van der Waals surface area contributed by atoms with Crippen LogP contribution in [0.3, 0.4) is 0 Å². The highest BCUT2D eigenvalue weighted by atomic mass is 32.1. The van der Waals surface area contributed by atoms with Crippen LogP contribution in [0.1, 0.15) is 23.1 Å². The number of benzene rings is 1. The predicted octanol–water partition coefficient (Wildman–Crippen LogP) is 3.06. The molecule has 1 N–H and O–H groups in total. The van der Waals surface area contributed by atoms with Crippen molar-refractivity contribution < 1.29 is 4.74 Å². The van der Waals surface area contributed by atoms with Gasteiger partial charge in [-0.1, -0.05) is 12.1 Å². The first-order valence-corrected chi connectivity index (χ1v) is 8.54. The maximum atomic E-state index is 5.47. The summed E-state index contributed by atoms with van der Waals surface area (Å²) in [5.74, 6) is 1.77. The summed E-state index contributed by atoms with van der Waals surface area (Å²) in [4.78, 5) is 12.0. The van der Waals surface area contributed by atoms with Crippen LogP contribution in [-0.4, -0.2) is 36.5 Å². The molecule has 0 amide bonds. The molecule has 0 bridgehead atoms. The second-order valence-corrected chi connectivity index (χ2v) is 6.13. The predicted molar refractivity (Wildman–Crippen MR) is 96.1 cm³/mol. The molecule has 0 aliphatic carbocycles. The molecule has 0 atom stereocenters. The lowest BCUT2D eigenvalue weighted by Gasteiger charge is -2.22. The summed E-state index contributed by atoms with van der Waals surface area (Å²) in [6.45, 7) is 6.24. The van der Waals surface area contributed by atoms with Crippen molar-refractivity contribution in [3.8, 4) is 5.75 Å². The van der Waals surface area contributed by atoms with Gasteiger partial charge in [-0.3, -0.25) is 4.99 Å². The van der Waals surface area contributed by atoms with Gasteiger partial charge >= 0.3 is 0 Å². The molecule has 23 heavy (non-hydrogen) atoms. The molecule has 0 spiro atoms. The van der Waals surface area contributed by atoms with Gasteiger partial charge in [-0.2, -0.15) is 0 Å². The van der Waals surface area contributed by atoms with E-state index in [0.29, 0.717) is 6.61 Å². The van der Waals surface area contributed by atoms with Crippen LogP contribution < -0.4 is 10.1 Å².